The second kappa shape index (κ2) is 6.50. The van der Waals surface area contributed by atoms with Crippen LogP contribution in [0.2, 0.25) is 0 Å². The van der Waals surface area contributed by atoms with Crippen molar-refractivity contribution in [1.82, 2.24) is 4.90 Å². The van der Waals surface area contributed by atoms with Crippen molar-refractivity contribution in [1.29, 1.82) is 0 Å². The molecule has 0 atom stereocenters. The summed E-state index contributed by atoms with van der Waals surface area (Å²) in [5, 5.41) is 8.49. The highest BCUT2D eigenvalue weighted by Gasteiger charge is 2.07. The van der Waals surface area contributed by atoms with Crippen LogP contribution < -0.4 is 0 Å². The predicted octanol–water partition coefficient (Wildman–Crippen LogP) is 1.05. The van der Waals surface area contributed by atoms with Crippen LogP contribution >= 0.6 is 0 Å². The smallest absolute Gasteiger partial charge is 0.304 e. The lowest BCUT2D eigenvalue weighted by atomic mass is 10.2. The zero-order valence-electron chi connectivity index (χ0n) is 8.29. The molecule has 0 aromatic heterocycles. The van der Waals surface area contributed by atoms with Crippen molar-refractivity contribution < 1.29 is 9.90 Å². The van der Waals surface area contributed by atoms with Gasteiger partial charge in [-0.3, -0.25) is 9.69 Å². The van der Waals surface area contributed by atoms with Gasteiger partial charge in [-0.25, -0.2) is 0 Å². The van der Waals surface area contributed by atoms with Gasteiger partial charge < -0.3 is 5.11 Å². The van der Waals surface area contributed by atoms with E-state index >= 15 is 0 Å². The number of hydrogen-bond acceptors (Lipinski definition) is 2. The Balaban J connectivity index is 3.81. The average molecular weight is 183 g/mol. The van der Waals surface area contributed by atoms with Gasteiger partial charge in [0, 0.05) is 13.1 Å². The first-order valence-electron chi connectivity index (χ1n) is 4.44. The largest absolute Gasteiger partial charge is 0.481 e. The maximum atomic E-state index is 10.3. The third-order valence-electron chi connectivity index (χ3n) is 1.58. The highest BCUT2D eigenvalue weighted by Crippen LogP contribution is 1.99. The summed E-state index contributed by atoms with van der Waals surface area (Å²) in [6.45, 7) is 6.11. The van der Waals surface area contributed by atoms with Gasteiger partial charge in [-0.05, 0) is 5.92 Å². The molecule has 0 amide bonds. The van der Waals surface area contributed by atoms with E-state index in [1.165, 1.54) is 0 Å². The van der Waals surface area contributed by atoms with Gasteiger partial charge in [0.25, 0.3) is 0 Å². The second-order valence-electron chi connectivity index (χ2n) is 3.48. The second-order valence-corrected chi connectivity index (χ2v) is 3.48. The topological polar surface area (TPSA) is 40.5 Å². The molecule has 3 heteroatoms. The lowest BCUT2D eigenvalue weighted by molar-refractivity contribution is -0.137. The van der Waals surface area contributed by atoms with Crippen LogP contribution in [0.15, 0.2) is 0 Å². The van der Waals surface area contributed by atoms with E-state index in [2.05, 4.69) is 19.8 Å². The van der Waals surface area contributed by atoms with Crippen LogP contribution in [0.25, 0.3) is 0 Å². The third kappa shape index (κ3) is 7.35. The number of aliphatic carboxylic acids is 1. The average Bonchev–Trinajstić information content (AvgIpc) is 1.99. The van der Waals surface area contributed by atoms with Gasteiger partial charge in [0.15, 0.2) is 0 Å². The number of rotatable bonds is 6. The molecule has 0 aromatic carbocycles. The first-order chi connectivity index (χ1) is 6.06. The summed E-state index contributed by atoms with van der Waals surface area (Å²) in [5.74, 6) is 2.27. The Morgan fingerprint density at radius 3 is 2.62 bits per heavy atom. The molecule has 0 bridgehead atoms. The fourth-order valence-corrected chi connectivity index (χ4v) is 1.13. The van der Waals surface area contributed by atoms with E-state index in [1.807, 2.05) is 4.90 Å². The molecule has 74 valence electrons. The Morgan fingerprint density at radius 2 is 2.23 bits per heavy atom. The van der Waals surface area contributed by atoms with Gasteiger partial charge in [-0.15, -0.1) is 6.42 Å². The van der Waals surface area contributed by atoms with Gasteiger partial charge in [0.2, 0.25) is 0 Å². The molecule has 13 heavy (non-hydrogen) atoms. The molecule has 0 aliphatic rings. The number of carboxylic acid groups (broad SMARTS) is 1. The molecule has 0 saturated carbocycles. The third-order valence-corrected chi connectivity index (χ3v) is 1.58. The van der Waals surface area contributed by atoms with Crippen molar-refractivity contribution in [3.8, 4) is 12.3 Å². The minimum atomic E-state index is -0.772. The molecular weight excluding hydrogens is 166 g/mol. The van der Waals surface area contributed by atoms with Crippen LogP contribution in [0.1, 0.15) is 20.3 Å². The highest BCUT2D eigenvalue weighted by atomic mass is 16.4. The summed E-state index contributed by atoms with van der Waals surface area (Å²) in [6.07, 6.45) is 5.33. The fraction of sp³-hybridized carbons (Fsp3) is 0.700. The van der Waals surface area contributed by atoms with Crippen LogP contribution in [0, 0.1) is 18.3 Å². The molecule has 0 unspecified atom stereocenters. The summed E-state index contributed by atoms with van der Waals surface area (Å²) >= 11 is 0. The maximum absolute atomic E-state index is 10.3. The number of terminal acetylenes is 1. The molecule has 0 aliphatic carbocycles. The van der Waals surface area contributed by atoms with E-state index in [0.717, 1.165) is 6.54 Å². The van der Waals surface area contributed by atoms with Crippen LogP contribution in [-0.2, 0) is 4.79 Å². The van der Waals surface area contributed by atoms with Gasteiger partial charge in [0.05, 0.1) is 13.0 Å². The first-order valence-corrected chi connectivity index (χ1v) is 4.44. The van der Waals surface area contributed by atoms with E-state index in [4.69, 9.17) is 11.5 Å². The van der Waals surface area contributed by atoms with Crippen LogP contribution in [0.4, 0.5) is 0 Å². The Morgan fingerprint density at radius 1 is 1.62 bits per heavy atom. The van der Waals surface area contributed by atoms with Crippen molar-refractivity contribution >= 4 is 5.97 Å². The molecule has 0 saturated heterocycles. The monoisotopic (exact) mass is 183 g/mol. The Kier molecular flexibility index (Phi) is 5.99. The summed E-state index contributed by atoms with van der Waals surface area (Å²) in [6, 6.07) is 0. The predicted molar refractivity (Wildman–Crippen MR) is 52.4 cm³/mol. The highest BCUT2D eigenvalue weighted by molar-refractivity contribution is 5.66. The summed E-state index contributed by atoms with van der Waals surface area (Å²) < 4.78 is 0. The van der Waals surface area contributed by atoms with Crippen molar-refractivity contribution in [3.63, 3.8) is 0 Å². The van der Waals surface area contributed by atoms with Crippen LogP contribution in [-0.4, -0.2) is 35.6 Å². The summed E-state index contributed by atoms with van der Waals surface area (Å²) in [7, 11) is 0. The van der Waals surface area contributed by atoms with Gasteiger partial charge in [-0.1, -0.05) is 19.8 Å². The zero-order valence-corrected chi connectivity index (χ0v) is 8.29. The zero-order chi connectivity index (χ0) is 10.3. The minimum absolute atomic E-state index is 0.161. The molecule has 0 aliphatic heterocycles. The van der Waals surface area contributed by atoms with Crippen molar-refractivity contribution in [3.05, 3.63) is 0 Å². The number of carbonyl (C=O) groups is 1. The van der Waals surface area contributed by atoms with Crippen LogP contribution in [0.3, 0.4) is 0 Å². The quantitative estimate of drug-likeness (QED) is 0.626. The van der Waals surface area contributed by atoms with Crippen molar-refractivity contribution in [2.45, 2.75) is 20.3 Å². The molecule has 1 N–H and O–H groups in total. The van der Waals surface area contributed by atoms with E-state index in [1.54, 1.807) is 0 Å². The maximum Gasteiger partial charge on any atom is 0.304 e. The molecule has 0 heterocycles. The fourth-order valence-electron chi connectivity index (χ4n) is 1.13. The SMILES string of the molecule is C#CCN(CCC(=O)O)CC(C)C. The van der Waals surface area contributed by atoms with E-state index in [0.29, 0.717) is 19.0 Å². The standard InChI is InChI=1S/C10H17NO2/c1-4-6-11(8-9(2)3)7-5-10(12)13/h1,9H,5-8H2,2-3H3,(H,12,13). The number of hydrogen-bond donors (Lipinski definition) is 1. The van der Waals surface area contributed by atoms with E-state index in [9.17, 15) is 4.79 Å². The van der Waals surface area contributed by atoms with Crippen molar-refractivity contribution in [2.24, 2.45) is 5.92 Å². The molecule has 0 fully saturated rings. The van der Waals surface area contributed by atoms with Crippen molar-refractivity contribution in [2.75, 3.05) is 19.6 Å². The molecule has 0 radical (unpaired) electrons. The molecule has 0 spiro atoms. The first kappa shape index (κ1) is 12.0. The summed E-state index contributed by atoms with van der Waals surface area (Å²) in [5.41, 5.74) is 0. The Hall–Kier alpha value is -1.01. The lowest BCUT2D eigenvalue weighted by Crippen LogP contribution is -2.30. The Bertz CT molecular complexity index is 194. The minimum Gasteiger partial charge on any atom is -0.481 e. The van der Waals surface area contributed by atoms with Gasteiger partial charge in [0.1, 0.15) is 0 Å². The lowest BCUT2D eigenvalue weighted by Gasteiger charge is -2.20. The van der Waals surface area contributed by atoms with Crippen LogP contribution in [0.5, 0.6) is 0 Å². The molecule has 0 rings (SSSR count). The normalized spacial score (nSPS) is 10.4. The summed E-state index contributed by atoms with van der Waals surface area (Å²) in [4.78, 5) is 12.3. The number of nitrogens with zero attached hydrogens (tertiary/aromatic N) is 1. The van der Waals surface area contributed by atoms with E-state index < -0.39 is 5.97 Å². The molecule has 3 nitrogen and oxygen atoms in total. The van der Waals surface area contributed by atoms with Gasteiger partial charge in [-0.2, -0.15) is 0 Å². The Labute approximate surface area is 79.7 Å². The molecular formula is C10H17NO2. The van der Waals surface area contributed by atoms with E-state index in [-0.39, 0.29) is 6.42 Å². The molecule has 0 aromatic rings. The number of carboxylic acids is 1. The van der Waals surface area contributed by atoms with Gasteiger partial charge >= 0.3 is 5.97 Å².